The Bertz CT molecular complexity index is 1190. The maximum atomic E-state index is 13.8. The SMILES string of the molecule is COc1ccc(CS(=O)(=O)C2NN=C(c3sc(C)nc3C)N2C2C3CC4CC(C3)CC2C4)cc1. The number of rotatable bonds is 6. The van der Waals surface area contributed by atoms with E-state index in [1.165, 1.54) is 32.1 Å². The molecular weight excluding hydrogens is 468 g/mol. The minimum atomic E-state index is -3.57. The number of benzene rings is 1. The number of nitrogens with zero attached hydrogens (tertiary/aromatic N) is 3. The van der Waals surface area contributed by atoms with E-state index in [1.54, 1.807) is 18.4 Å². The van der Waals surface area contributed by atoms with Crippen LogP contribution in [0.3, 0.4) is 0 Å². The molecule has 2 heterocycles. The molecule has 0 amide bonds. The van der Waals surface area contributed by atoms with Crippen LogP contribution < -0.4 is 10.2 Å². The number of methoxy groups -OCH3 is 1. The standard InChI is InChI=1S/C25H32N4O3S2/c1-14-23(33-15(2)26-14)24-27-28-25(34(30,31)13-16-4-6-21(32-3)7-5-16)29(24)22-19-9-17-8-18(11-19)12-20(22)10-17/h4-7,17-20,22,25,28H,8-13H2,1-3H3. The van der Waals surface area contributed by atoms with Crippen molar-refractivity contribution in [2.75, 3.05) is 7.11 Å². The van der Waals surface area contributed by atoms with Crippen molar-refractivity contribution in [3.8, 4) is 5.75 Å². The maximum Gasteiger partial charge on any atom is 0.221 e. The molecule has 1 N–H and O–H groups in total. The summed E-state index contributed by atoms with van der Waals surface area (Å²) in [5.41, 5.74) is 3.89. The van der Waals surface area contributed by atoms with Gasteiger partial charge in [0, 0.05) is 6.04 Å². The van der Waals surface area contributed by atoms with E-state index in [-0.39, 0.29) is 11.8 Å². The van der Waals surface area contributed by atoms with Gasteiger partial charge in [0.15, 0.2) is 15.7 Å². The van der Waals surface area contributed by atoms with E-state index in [2.05, 4.69) is 20.4 Å². The molecule has 7 nitrogen and oxygen atoms in total. The summed E-state index contributed by atoms with van der Waals surface area (Å²) < 4.78 is 32.9. The molecule has 1 atom stereocenters. The molecule has 1 aliphatic heterocycles. The van der Waals surface area contributed by atoms with Gasteiger partial charge in [0.2, 0.25) is 5.50 Å². The van der Waals surface area contributed by atoms with Gasteiger partial charge in [0.1, 0.15) is 5.75 Å². The summed E-state index contributed by atoms with van der Waals surface area (Å²) >= 11 is 1.61. The van der Waals surface area contributed by atoms with Crippen LogP contribution in [0, 0.1) is 37.5 Å². The van der Waals surface area contributed by atoms with E-state index in [4.69, 9.17) is 4.74 Å². The van der Waals surface area contributed by atoms with Gasteiger partial charge < -0.3 is 9.64 Å². The van der Waals surface area contributed by atoms with Crippen molar-refractivity contribution in [1.82, 2.24) is 15.3 Å². The Balaban J connectivity index is 1.36. The predicted molar refractivity (Wildman–Crippen MR) is 133 cm³/mol. The normalized spacial score (nSPS) is 32.1. The number of thiazole rings is 1. The van der Waals surface area contributed by atoms with Crippen molar-refractivity contribution < 1.29 is 13.2 Å². The van der Waals surface area contributed by atoms with Crippen molar-refractivity contribution >= 4 is 27.0 Å². The third-order valence-electron chi connectivity index (χ3n) is 8.25. The van der Waals surface area contributed by atoms with Crippen LogP contribution >= 0.6 is 11.3 Å². The molecular formula is C25H32N4O3S2. The molecule has 9 heteroatoms. The van der Waals surface area contributed by atoms with Gasteiger partial charge in [-0.1, -0.05) is 12.1 Å². The molecule has 1 unspecified atom stereocenters. The molecule has 7 rings (SSSR count). The van der Waals surface area contributed by atoms with Crippen molar-refractivity contribution in [2.24, 2.45) is 28.8 Å². The Morgan fingerprint density at radius 1 is 1.06 bits per heavy atom. The van der Waals surface area contributed by atoms with E-state index in [1.807, 2.05) is 38.1 Å². The van der Waals surface area contributed by atoms with E-state index < -0.39 is 15.3 Å². The summed E-state index contributed by atoms with van der Waals surface area (Å²) in [6, 6.07) is 7.49. The summed E-state index contributed by atoms with van der Waals surface area (Å²) in [7, 11) is -1.96. The first-order valence-corrected chi connectivity index (χ1v) is 14.8. The van der Waals surface area contributed by atoms with Crippen LogP contribution in [0.15, 0.2) is 29.4 Å². The third kappa shape index (κ3) is 3.71. The first-order valence-electron chi connectivity index (χ1n) is 12.2. The lowest BCUT2D eigenvalue weighted by molar-refractivity contribution is -0.0466. The van der Waals surface area contributed by atoms with Crippen LogP contribution in [0.1, 0.15) is 53.2 Å². The fourth-order valence-electron chi connectivity index (χ4n) is 7.19. The quantitative estimate of drug-likeness (QED) is 0.644. The number of nitrogens with one attached hydrogen (secondary N) is 1. The van der Waals surface area contributed by atoms with Gasteiger partial charge >= 0.3 is 0 Å². The van der Waals surface area contributed by atoms with Gasteiger partial charge in [-0.15, -0.1) is 11.3 Å². The van der Waals surface area contributed by atoms with Gasteiger partial charge in [0.05, 0.1) is 28.4 Å². The summed E-state index contributed by atoms with van der Waals surface area (Å²) in [5, 5.41) is 5.65. The average molecular weight is 501 g/mol. The van der Waals surface area contributed by atoms with Crippen molar-refractivity contribution in [2.45, 2.75) is 63.2 Å². The Morgan fingerprint density at radius 2 is 1.71 bits per heavy atom. The second kappa shape index (κ2) is 8.22. The Morgan fingerprint density at radius 3 is 2.26 bits per heavy atom. The Kier molecular flexibility index (Phi) is 5.40. The second-order valence-electron chi connectivity index (χ2n) is 10.5. The summed E-state index contributed by atoms with van der Waals surface area (Å²) in [4.78, 5) is 7.77. The second-order valence-corrected chi connectivity index (χ2v) is 13.8. The number of hydrogen-bond acceptors (Lipinski definition) is 8. The number of amidine groups is 1. The average Bonchev–Trinajstić information content (AvgIpc) is 3.36. The molecule has 0 saturated heterocycles. The smallest absolute Gasteiger partial charge is 0.221 e. The van der Waals surface area contributed by atoms with Crippen LogP contribution in [0.4, 0.5) is 0 Å². The van der Waals surface area contributed by atoms with E-state index in [0.29, 0.717) is 11.8 Å². The molecule has 182 valence electrons. The molecule has 0 radical (unpaired) electrons. The van der Waals surface area contributed by atoms with Gasteiger partial charge in [-0.3, -0.25) is 5.43 Å². The zero-order chi connectivity index (χ0) is 23.6. The highest BCUT2D eigenvalue weighted by Gasteiger charge is 2.55. The lowest BCUT2D eigenvalue weighted by Crippen LogP contribution is -2.61. The number of hydrazone groups is 1. The van der Waals surface area contributed by atoms with E-state index in [0.717, 1.165) is 44.6 Å². The van der Waals surface area contributed by atoms with Crippen LogP contribution in [0.5, 0.6) is 5.75 Å². The highest BCUT2D eigenvalue weighted by atomic mass is 32.2. The van der Waals surface area contributed by atoms with Crippen LogP contribution in [-0.2, 0) is 15.6 Å². The number of aryl methyl sites for hydroxylation is 2. The zero-order valence-electron chi connectivity index (χ0n) is 19.9. The largest absolute Gasteiger partial charge is 0.497 e. The van der Waals surface area contributed by atoms with E-state index in [9.17, 15) is 8.42 Å². The molecule has 1 aromatic heterocycles. The topological polar surface area (TPSA) is 83.9 Å². The minimum absolute atomic E-state index is 0.0397. The lowest BCUT2D eigenvalue weighted by atomic mass is 9.54. The fourth-order valence-corrected chi connectivity index (χ4v) is 9.72. The monoisotopic (exact) mass is 500 g/mol. The minimum Gasteiger partial charge on any atom is -0.497 e. The summed E-state index contributed by atoms with van der Waals surface area (Å²) in [6.07, 6.45) is 6.23. The van der Waals surface area contributed by atoms with Gasteiger partial charge in [0.25, 0.3) is 0 Å². The molecule has 1 aromatic carbocycles. The first-order chi connectivity index (χ1) is 16.3. The first kappa shape index (κ1) is 22.3. The fraction of sp³-hybridized carbons (Fsp3) is 0.600. The Hall–Kier alpha value is -2.13. The van der Waals surface area contributed by atoms with Crippen LogP contribution in [0.2, 0.25) is 0 Å². The highest BCUT2D eigenvalue weighted by molar-refractivity contribution is 7.91. The molecule has 34 heavy (non-hydrogen) atoms. The predicted octanol–water partition coefficient (Wildman–Crippen LogP) is 4.06. The molecule has 4 saturated carbocycles. The number of aromatic nitrogens is 1. The van der Waals surface area contributed by atoms with Crippen molar-refractivity contribution in [3.05, 3.63) is 45.4 Å². The molecule has 5 aliphatic rings. The molecule has 4 fully saturated rings. The number of ether oxygens (including phenoxy) is 1. The summed E-state index contributed by atoms with van der Waals surface area (Å²) in [6.45, 7) is 3.99. The van der Waals surface area contributed by atoms with Gasteiger partial charge in [-0.05, 0) is 87.3 Å². The highest BCUT2D eigenvalue weighted by Crippen LogP contribution is 2.56. The Labute approximate surface area is 205 Å². The van der Waals surface area contributed by atoms with Gasteiger partial charge in [-0.25, -0.2) is 13.4 Å². The van der Waals surface area contributed by atoms with Crippen molar-refractivity contribution in [1.29, 1.82) is 0 Å². The molecule has 4 aliphatic carbocycles. The number of sulfone groups is 1. The van der Waals surface area contributed by atoms with Crippen LogP contribution in [-0.4, -0.2) is 42.8 Å². The molecule has 0 spiro atoms. The zero-order valence-corrected chi connectivity index (χ0v) is 21.5. The molecule has 2 aromatic rings. The molecule has 4 bridgehead atoms. The van der Waals surface area contributed by atoms with Gasteiger partial charge in [-0.2, -0.15) is 5.10 Å². The number of hydrogen-bond donors (Lipinski definition) is 1. The van der Waals surface area contributed by atoms with Crippen molar-refractivity contribution in [3.63, 3.8) is 0 Å². The lowest BCUT2D eigenvalue weighted by Gasteiger charge is -2.57. The van der Waals surface area contributed by atoms with E-state index >= 15 is 0 Å². The van der Waals surface area contributed by atoms with Crippen LogP contribution in [0.25, 0.3) is 0 Å². The maximum absolute atomic E-state index is 13.8. The third-order valence-corrected chi connectivity index (χ3v) is 11.1. The summed E-state index contributed by atoms with van der Waals surface area (Å²) in [5.74, 6) is 4.15.